The molecule has 2 aromatic rings. The minimum Gasteiger partial charge on any atom is -0.494 e. The summed E-state index contributed by atoms with van der Waals surface area (Å²) in [6.45, 7) is 2.80. The summed E-state index contributed by atoms with van der Waals surface area (Å²) in [7, 11) is 0. The Balaban J connectivity index is 1.50. The molecule has 27 heavy (non-hydrogen) atoms. The second-order valence-corrected chi connectivity index (χ2v) is 6.90. The number of rotatable bonds is 9. The van der Waals surface area contributed by atoms with Gasteiger partial charge in [0.1, 0.15) is 5.75 Å². The lowest BCUT2D eigenvalue weighted by Crippen LogP contribution is -2.26. The molecule has 0 radical (unpaired) electrons. The highest BCUT2D eigenvalue weighted by molar-refractivity contribution is 6.04. The highest BCUT2D eigenvalue weighted by Gasteiger charge is 2.23. The summed E-state index contributed by atoms with van der Waals surface area (Å²) in [5.74, 6) is 0.652. The molecule has 0 aliphatic heterocycles. The van der Waals surface area contributed by atoms with Crippen molar-refractivity contribution in [1.82, 2.24) is 5.32 Å². The Labute approximate surface area is 160 Å². The standard InChI is InChI=1S/C22H26N2O3/c1-2-3-14-27-20-12-6-17(7-13-20)22(26)24-19-8-4-16(5-9-19)15-21(25)23-18-10-11-18/h4-9,12-13,18H,2-3,10-11,14-15H2,1H3,(H,23,25)(H,24,26). The molecule has 0 bridgehead atoms. The second-order valence-electron chi connectivity index (χ2n) is 6.90. The van der Waals surface area contributed by atoms with E-state index in [2.05, 4.69) is 17.6 Å². The zero-order chi connectivity index (χ0) is 19.1. The first-order valence-electron chi connectivity index (χ1n) is 9.56. The van der Waals surface area contributed by atoms with Gasteiger partial charge in [0, 0.05) is 17.3 Å². The summed E-state index contributed by atoms with van der Waals surface area (Å²) >= 11 is 0. The van der Waals surface area contributed by atoms with Crippen LogP contribution in [0.3, 0.4) is 0 Å². The van der Waals surface area contributed by atoms with Crippen LogP contribution in [-0.4, -0.2) is 24.5 Å². The Morgan fingerprint density at radius 3 is 2.37 bits per heavy atom. The smallest absolute Gasteiger partial charge is 0.255 e. The monoisotopic (exact) mass is 366 g/mol. The van der Waals surface area contributed by atoms with Gasteiger partial charge < -0.3 is 15.4 Å². The van der Waals surface area contributed by atoms with Crippen molar-refractivity contribution in [2.45, 2.75) is 45.1 Å². The van der Waals surface area contributed by atoms with Crippen molar-refractivity contribution in [3.63, 3.8) is 0 Å². The molecule has 0 spiro atoms. The molecule has 0 aromatic heterocycles. The average molecular weight is 366 g/mol. The molecular weight excluding hydrogens is 340 g/mol. The van der Waals surface area contributed by atoms with E-state index in [1.807, 2.05) is 36.4 Å². The molecule has 3 rings (SSSR count). The predicted octanol–water partition coefficient (Wildman–Crippen LogP) is 3.94. The minimum atomic E-state index is -0.172. The van der Waals surface area contributed by atoms with Crippen molar-refractivity contribution in [2.24, 2.45) is 0 Å². The van der Waals surface area contributed by atoms with Crippen LogP contribution in [0.5, 0.6) is 5.75 Å². The molecule has 1 fully saturated rings. The molecule has 1 saturated carbocycles. The van der Waals surface area contributed by atoms with Gasteiger partial charge in [-0.1, -0.05) is 25.5 Å². The van der Waals surface area contributed by atoms with Gasteiger partial charge in [0.2, 0.25) is 5.91 Å². The number of anilines is 1. The van der Waals surface area contributed by atoms with Crippen molar-refractivity contribution < 1.29 is 14.3 Å². The van der Waals surface area contributed by atoms with E-state index < -0.39 is 0 Å². The molecule has 1 aliphatic rings. The molecule has 0 unspecified atom stereocenters. The van der Waals surface area contributed by atoms with Crippen LogP contribution in [0.25, 0.3) is 0 Å². The highest BCUT2D eigenvalue weighted by Crippen LogP contribution is 2.19. The topological polar surface area (TPSA) is 67.4 Å². The average Bonchev–Trinajstić information content (AvgIpc) is 3.48. The Morgan fingerprint density at radius 2 is 1.74 bits per heavy atom. The van der Waals surface area contributed by atoms with Crippen LogP contribution < -0.4 is 15.4 Å². The fraction of sp³-hybridized carbons (Fsp3) is 0.364. The normalized spacial score (nSPS) is 13.1. The first kappa shape index (κ1) is 19.0. The van der Waals surface area contributed by atoms with E-state index in [1.54, 1.807) is 12.1 Å². The van der Waals surface area contributed by atoms with E-state index in [4.69, 9.17) is 4.74 Å². The molecule has 2 amide bonds. The molecule has 1 aliphatic carbocycles. The molecule has 5 heteroatoms. The van der Waals surface area contributed by atoms with Gasteiger partial charge in [0.05, 0.1) is 13.0 Å². The first-order chi connectivity index (χ1) is 13.1. The molecular formula is C22H26N2O3. The van der Waals surface area contributed by atoms with Gasteiger partial charge in [-0.2, -0.15) is 0 Å². The largest absolute Gasteiger partial charge is 0.494 e. The first-order valence-corrected chi connectivity index (χ1v) is 9.56. The lowest BCUT2D eigenvalue weighted by atomic mass is 10.1. The maximum absolute atomic E-state index is 12.4. The third kappa shape index (κ3) is 6.13. The third-order valence-corrected chi connectivity index (χ3v) is 4.40. The Bertz CT molecular complexity index is 765. The zero-order valence-electron chi connectivity index (χ0n) is 15.7. The number of amides is 2. The van der Waals surface area contributed by atoms with Gasteiger partial charge in [-0.25, -0.2) is 0 Å². The van der Waals surface area contributed by atoms with E-state index >= 15 is 0 Å². The molecule has 5 nitrogen and oxygen atoms in total. The van der Waals surface area contributed by atoms with E-state index in [0.29, 0.717) is 30.3 Å². The summed E-state index contributed by atoms with van der Waals surface area (Å²) in [6.07, 6.45) is 4.64. The van der Waals surface area contributed by atoms with E-state index in [1.165, 1.54) is 0 Å². The number of carbonyl (C=O) groups excluding carboxylic acids is 2. The van der Waals surface area contributed by atoms with Crippen molar-refractivity contribution >= 4 is 17.5 Å². The van der Waals surface area contributed by atoms with Crippen molar-refractivity contribution in [1.29, 1.82) is 0 Å². The number of benzene rings is 2. The van der Waals surface area contributed by atoms with Crippen LogP contribution in [0, 0.1) is 0 Å². The van der Waals surface area contributed by atoms with Crippen LogP contribution in [0.15, 0.2) is 48.5 Å². The van der Waals surface area contributed by atoms with Crippen molar-refractivity contribution in [2.75, 3.05) is 11.9 Å². The molecule has 0 saturated heterocycles. The number of carbonyl (C=O) groups is 2. The van der Waals surface area contributed by atoms with Gasteiger partial charge >= 0.3 is 0 Å². The lowest BCUT2D eigenvalue weighted by molar-refractivity contribution is -0.120. The number of hydrogen-bond donors (Lipinski definition) is 2. The molecule has 2 aromatic carbocycles. The lowest BCUT2D eigenvalue weighted by Gasteiger charge is -2.08. The Kier molecular flexibility index (Phi) is 6.47. The summed E-state index contributed by atoms with van der Waals surface area (Å²) < 4.78 is 5.61. The minimum absolute atomic E-state index is 0.0514. The van der Waals surface area contributed by atoms with Gasteiger partial charge in [-0.15, -0.1) is 0 Å². The van der Waals surface area contributed by atoms with E-state index in [-0.39, 0.29) is 11.8 Å². The Hall–Kier alpha value is -2.82. The van der Waals surface area contributed by atoms with Gasteiger partial charge in [0.15, 0.2) is 0 Å². The number of hydrogen-bond acceptors (Lipinski definition) is 3. The van der Waals surface area contributed by atoms with Crippen molar-refractivity contribution in [3.8, 4) is 5.75 Å². The molecule has 142 valence electrons. The molecule has 2 N–H and O–H groups in total. The van der Waals surface area contributed by atoms with Crippen LogP contribution in [0.4, 0.5) is 5.69 Å². The fourth-order valence-corrected chi connectivity index (χ4v) is 2.64. The number of unbranched alkanes of at least 4 members (excludes halogenated alkanes) is 1. The van der Waals surface area contributed by atoms with Crippen LogP contribution in [-0.2, 0) is 11.2 Å². The van der Waals surface area contributed by atoms with Crippen molar-refractivity contribution in [3.05, 3.63) is 59.7 Å². The summed E-state index contributed by atoms with van der Waals surface area (Å²) in [5, 5.41) is 5.84. The van der Waals surface area contributed by atoms with Crippen LogP contribution in [0.2, 0.25) is 0 Å². The van der Waals surface area contributed by atoms with Gasteiger partial charge in [-0.05, 0) is 61.2 Å². The molecule has 0 heterocycles. The van der Waals surface area contributed by atoms with Crippen LogP contribution in [0.1, 0.15) is 48.5 Å². The van der Waals surface area contributed by atoms with Crippen LogP contribution >= 0.6 is 0 Å². The predicted molar refractivity (Wildman–Crippen MR) is 106 cm³/mol. The summed E-state index contributed by atoms with van der Waals surface area (Å²) in [6, 6.07) is 14.9. The van der Waals surface area contributed by atoms with E-state index in [9.17, 15) is 9.59 Å². The number of ether oxygens (including phenoxy) is 1. The maximum Gasteiger partial charge on any atom is 0.255 e. The SMILES string of the molecule is CCCCOc1ccc(C(=O)Nc2ccc(CC(=O)NC3CC3)cc2)cc1. The summed E-state index contributed by atoms with van der Waals surface area (Å²) in [5.41, 5.74) is 2.21. The van der Waals surface area contributed by atoms with Gasteiger partial charge in [-0.3, -0.25) is 9.59 Å². The highest BCUT2D eigenvalue weighted by atomic mass is 16.5. The Morgan fingerprint density at radius 1 is 1.04 bits per heavy atom. The summed E-state index contributed by atoms with van der Waals surface area (Å²) in [4.78, 5) is 24.2. The quantitative estimate of drug-likeness (QED) is 0.661. The number of nitrogens with one attached hydrogen (secondary N) is 2. The van der Waals surface area contributed by atoms with Gasteiger partial charge in [0.25, 0.3) is 5.91 Å². The fourth-order valence-electron chi connectivity index (χ4n) is 2.64. The second kappa shape index (κ2) is 9.21. The maximum atomic E-state index is 12.4. The zero-order valence-corrected chi connectivity index (χ0v) is 15.7. The van der Waals surface area contributed by atoms with E-state index in [0.717, 1.165) is 37.0 Å². The molecule has 0 atom stereocenters. The third-order valence-electron chi connectivity index (χ3n) is 4.40.